The number of benzene rings is 4. The van der Waals surface area contributed by atoms with Gasteiger partial charge in [0.25, 0.3) is 0 Å². The van der Waals surface area contributed by atoms with Gasteiger partial charge in [0.05, 0.1) is 50.7 Å². The Morgan fingerprint density at radius 1 is 0.949 bits per heavy atom. The summed E-state index contributed by atoms with van der Waals surface area (Å²) in [7, 11) is 0. The molecule has 8 rings (SSSR count). The second-order valence-corrected chi connectivity index (χ2v) is 15.6. The number of piperazine rings is 1. The van der Waals surface area contributed by atoms with Gasteiger partial charge < -0.3 is 31.9 Å². The average Bonchev–Trinajstić information content (AvgIpc) is 4.00. The molecular formula is C44H49ClF2N8O4. The third-order valence-electron chi connectivity index (χ3n) is 11.8. The standard InChI is InChI=1S/C44H49F2N8O4.ClH/c1-3-42(32(2)55)53-43(56)52(31-49-53)37-12-10-36(11-13-37)50-19-21-54(22-20-50,25-33-7-5-4-6-8-33)38-14-16-39(17-15-38)57-26-34-24-44(58-27-34,28-51-30-47-29-48-51)40-18-9-35(45)23-41(40)46;/h4-18,23,29-32,34,42,55H,3,19-22,24-28H2,1-2H3;1H/q+1;/p-1/t32-,34+,42-,44-;/m0./s1. The number of hydrogen-bond acceptors (Lipinski definition) is 8. The van der Waals surface area contributed by atoms with Crippen LogP contribution in [-0.2, 0) is 23.4 Å². The Morgan fingerprint density at radius 3 is 2.34 bits per heavy atom. The van der Waals surface area contributed by atoms with Gasteiger partial charge in [-0.25, -0.2) is 32.5 Å². The Hall–Kier alpha value is -5.41. The van der Waals surface area contributed by atoms with Crippen molar-refractivity contribution in [3.63, 3.8) is 0 Å². The van der Waals surface area contributed by atoms with E-state index in [2.05, 4.69) is 68.6 Å². The van der Waals surface area contributed by atoms with Crippen LogP contribution < -0.4 is 32.2 Å². The number of rotatable bonds is 14. The molecule has 59 heavy (non-hydrogen) atoms. The van der Waals surface area contributed by atoms with E-state index in [1.165, 1.54) is 45.3 Å². The maximum Gasteiger partial charge on any atom is 0.350 e. The predicted molar refractivity (Wildman–Crippen MR) is 217 cm³/mol. The average molecular weight is 827 g/mol. The number of quaternary nitrogens is 1. The molecule has 0 unspecified atom stereocenters. The molecule has 0 spiro atoms. The van der Waals surface area contributed by atoms with E-state index in [9.17, 15) is 14.3 Å². The molecule has 2 aliphatic heterocycles. The fourth-order valence-corrected chi connectivity index (χ4v) is 8.67. The zero-order valence-electron chi connectivity index (χ0n) is 33.2. The lowest BCUT2D eigenvalue weighted by Crippen LogP contribution is -3.00. The van der Waals surface area contributed by atoms with E-state index in [1.807, 2.05) is 37.3 Å². The Labute approximate surface area is 348 Å². The van der Waals surface area contributed by atoms with E-state index in [0.717, 1.165) is 60.4 Å². The van der Waals surface area contributed by atoms with Crippen molar-refractivity contribution >= 4 is 11.4 Å². The minimum Gasteiger partial charge on any atom is -1.00 e. The zero-order chi connectivity index (χ0) is 40.3. The van der Waals surface area contributed by atoms with Gasteiger partial charge in [0, 0.05) is 40.9 Å². The van der Waals surface area contributed by atoms with E-state index in [0.29, 0.717) is 31.6 Å². The highest BCUT2D eigenvalue weighted by Crippen LogP contribution is 2.42. The molecule has 2 aromatic heterocycles. The van der Waals surface area contributed by atoms with Gasteiger partial charge in [-0.2, -0.15) is 10.2 Å². The number of halogens is 3. The minimum absolute atomic E-state index is 0. The smallest absolute Gasteiger partial charge is 0.350 e. The van der Waals surface area contributed by atoms with Crippen LogP contribution in [0.2, 0.25) is 0 Å². The van der Waals surface area contributed by atoms with Crippen molar-refractivity contribution in [1.29, 1.82) is 0 Å². The number of hydrogen-bond donors (Lipinski definition) is 1. The van der Waals surface area contributed by atoms with Gasteiger partial charge >= 0.3 is 5.69 Å². The molecule has 2 aliphatic rings. The van der Waals surface area contributed by atoms with Gasteiger partial charge in [-0.1, -0.05) is 43.3 Å². The van der Waals surface area contributed by atoms with Gasteiger partial charge in [0.2, 0.25) is 0 Å². The fourth-order valence-electron chi connectivity index (χ4n) is 8.67. The van der Waals surface area contributed by atoms with Crippen molar-refractivity contribution in [3.05, 3.63) is 149 Å². The summed E-state index contributed by atoms with van der Waals surface area (Å²) in [6.45, 7) is 8.85. The molecular weight excluding hydrogens is 778 g/mol. The summed E-state index contributed by atoms with van der Waals surface area (Å²) < 4.78 is 46.9. The summed E-state index contributed by atoms with van der Waals surface area (Å²) in [5.41, 5.74) is 3.26. The van der Waals surface area contributed by atoms with Crippen molar-refractivity contribution in [1.82, 2.24) is 33.6 Å². The lowest BCUT2D eigenvalue weighted by molar-refractivity contribution is -0.0206. The van der Waals surface area contributed by atoms with E-state index in [-0.39, 0.29) is 36.6 Å². The highest BCUT2D eigenvalue weighted by atomic mass is 35.5. The van der Waals surface area contributed by atoms with Crippen molar-refractivity contribution in [3.8, 4) is 11.4 Å². The monoisotopic (exact) mass is 826 g/mol. The van der Waals surface area contributed by atoms with Crippen molar-refractivity contribution < 1.29 is 35.8 Å². The summed E-state index contributed by atoms with van der Waals surface area (Å²) in [6.07, 6.45) is 4.88. The molecule has 0 saturated carbocycles. The van der Waals surface area contributed by atoms with Crippen LogP contribution in [0.5, 0.6) is 5.75 Å². The number of anilines is 1. The summed E-state index contributed by atoms with van der Waals surface area (Å²) >= 11 is 0. The molecule has 4 atom stereocenters. The zero-order valence-corrected chi connectivity index (χ0v) is 33.9. The Morgan fingerprint density at radius 2 is 1.68 bits per heavy atom. The van der Waals surface area contributed by atoms with E-state index in [1.54, 1.807) is 17.9 Å². The van der Waals surface area contributed by atoms with Gasteiger partial charge in [-0.15, -0.1) is 0 Å². The summed E-state index contributed by atoms with van der Waals surface area (Å²) in [4.78, 5) is 19.6. The third kappa shape index (κ3) is 8.81. The molecule has 15 heteroatoms. The van der Waals surface area contributed by atoms with Crippen LogP contribution in [0.3, 0.4) is 0 Å². The molecule has 310 valence electrons. The highest BCUT2D eigenvalue weighted by molar-refractivity contribution is 5.54. The van der Waals surface area contributed by atoms with Gasteiger partial charge in [-0.05, 0) is 62.2 Å². The summed E-state index contributed by atoms with van der Waals surface area (Å²) in [5, 5.41) is 18.7. The van der Waals surface area contributed by atoms with Crippen LogP contribution in [0, 0.1) is 17.6 Å². The normalized spacial score (nSPS) is 19.9. The molecule has 12 nitrogen and oxygen atoms in total. The first-order valence-electron chi connectivity index (χ1n) is 19.9. The number of ether oxygens (including phenoxy) is 2. The second-order valence-electron chi connectivity index (χ2n) is 15.6. The summed E-state index contributed by atoms with van der Waals surface area (Å²) in [6, 6.07) is 30.2. The number of nitrogens with zero attached hydrogens (tertiary/aromatic N) is 8. The van der Waals surface area contributed by atoms with E-state index < -0.39 is 23.3 Å². The lowest BCUT2D eigenvalue weighted by Gasteiger charge is -2.45. The topological polar surface area (TPSA) is 112 Å². The van der Waals surface area contributed by atoms with Crippen LogP contribution in [-0.4, -0.2) is 79.7 Å². The number of aliphatic hydroxyl groups excluding tert-OH is 1. The molecule has 4 aromatic carbocycles. The largest absolute Gasteiger partial charge is 1.00 e. The van der Waals surface area contributed by atoms with Crippen LogP contribution >= 0.6 is 0 Å². The predicted octanol–water partition coefficient (Wildman–Crippen LogP) is 3.28. The van der Waals surface area contributed by atoms with Gasteiger partial charge in [0.1, 0.15) is 67.3 Å². The first-order chi connectivity index (χ1) is 28.1. The van der Waals surface area contributed by atoms with Crippen LogP contribution in [0.25, 0.3) is 5.69 Å². The van der Waals surface area contributed by atoms with Crippen LogP contribution in [0.4, 0.5) is 20.2 Å². The lowest BCUT2D eigenvalue weighted by atomic mass is 9.87. The maximum absolute atomic E-state index is 15.1. The Bertz CT molecular complexity index is 2330. The first-order valence-corrected chi connectivity index (χ1v) is 19.9. The Kier molecular flexibility index (Phi) is 12.6. The van der Waals surface area contributed by atoms with Gasteiger partial charge in [-0.3, -0.25) is 4.48 Å². The van der Waals surface area contributed by atoms with Crippen molar-refractivity contribution in [2.24, 2.45) is 5.92 Å². The molecule has 0 aliphatic carbocycles. The Balaban J connectivity index is 0.00000528. The van der Waals surface area contributed by atoms with Crippen LogP contribution in [0.15, 0.2) is 121 Å². The van der Waals surface area contributed by atoms with Crippen molar-refractivity contribution in [2.45, 2.75) is 57.5 Å². The highest BCUT2D eigenvalue weighted by Gasteiger charge is 2.45. The molecule has 0 amide bonds. The van der Waals surface area contributed by atoms with E-state index >= 15 is 4.39 Å². The van der Waals surface area contributed by atoms with Gasteiger partial charge in [0.15, 0.2) is 0 Å². The minimum atomic E-state index is -1.04. The quantitative estimate of drug-likeness (QED) is 0.167. The third-order valence-corrected chi connectivity index (χ3v) is 11.8. The molecule has 2 fully saturated rings. The SMILES string of the molecule is CC[C@@H]([C@H](C)O)n1ncn(-c2ccc(N3CC[N+](Cc4ccccc4)(c4ccc(OC[C@@H]5CO[C@@](Cn6cncn6)(c6ccc(F)cc6F)C5)cc4)CC3)cc2)c1=O.[Cl-]. The molecule has 4 heterocycles. The van der Waals surface area contributed by atoms with Crippen molar-refractivity contribution in [2.75, 3.05) is 44.3 Å². The van der Waals surface area contributed by atoms with Crippen LogP contribution in [0.1, 0.15) is 43.9 Å². The van der Waals surface area contributed by atoms with E-state index in [4.69, 9.17) is 9.47 Å². The maximum atomic E-state index is 15.1. The molecule has 2 saturated heterocycles. The number of aromatic nitrogens is 6. The first kappa shape index (κ1) is 41.7. The molecule has 1 N–H and O–H groups in total. The summed E-state index contributed by atoms with van der Waals surface area (Å²) in [5.74, 6) is -0.586. The molecule has 0 bridgehead atoms. The fraction of sp³-hybridized carbons (Fsp3) is 0.364. The second kappa shape index (κ2) is 17.8. The molecule has 6 aromatic rings. The molecule has 0 radical (unpaired) electrons. The number of aliphatic hydroxyl groups is 1.